The molecular weight excluding hydrogens is 244 g/mol. The highest BCUT2D eigenvalue weighted by Crippen LogP contribution is 2.25. The van der Waals surface area contributed by atoms with Gasteiger partial charge in [0.2, 0.25) is 0 Å². The number of furan rings is 1. The van der Waals surface area contributed by atoms with Crippen molar-refractivity contribution in [3.8, 4) is 17.1 Å². The van der Waals surface area contributed by atoms with Crippen LogP contribution >= 0.6 is 0 Å². The molecule has 0 atom stereocenters. The lowest BCUT2D eigenvalue weighted by Crippen LogP contribution is -1.96. The van der Waals surface area contributed by atoms with E-state index in [1.807, 2.05) is 43.3 Å². The highest BCUT2D eigenvalue weighted by Gasteiger charge is 2.06. The normalized spacial score (nSPS) is 10.4. The van der Waals surface area contributed by atoms with Crippen LogP contribution in [0.2, 0.25) is 0 Å². The number of aliphatic carboxylic acids is 1. The van der Waals surface area contributed by atoms with Crippen LogP contribution in [-0.2, 0) is 11.2 Å². The molecule has 4 nitrogen and oxygen atoms in total. The van der Waals surface area contributed by atoms with Crippen LogP contribution in [0, 0.1) is 0 Å². The molecule has 0 radical (unpaired) electrons. The average molecular weight is 260 g/mol. The van der Waals surface area contributed by atoms with Gasteiger partial charge >= 0.3 is 5.97 Å². The highest BCUT2D eigenvalue weighted by atomic mass is 16.5. The second-order valence-electron chi connectivity index (χ2n) is 4.12. The van der Waals surface area contributed by atoms with E-state index < -0.39 is 5.97 Å². The summed E-state index contributed by atoms with van der Waals surface area (Å²) in [6.45, 7) is 2.58. The fourth-order valence-electron chi connectivity index (χ4n) is 1.78. The van der Waals surface area contributed by atoms with E-state index in [0.717, 1.165) is 17.1 Å². The van der Waals surface area contributed by atoms with Crippen molar-refractivity contribution in [3.63, 3.8) is 0 Å². The first-order chi connectivity index (χ1) is 9.19. The van der Waals surface area contributed by atoms with Gasteiger partial charge in [-0.05, 0) is 43.3 Å². The van der Waals surface area contributed by atoms with E-state index in [-0.39, 0.29) is 6.42 Å². The first-order valence-electron chi connectivity index (χ1n) is 6.23. The predicted molar refractivity (Wildman–Crippen MR) is 71.3 cm³/mol. The second-order valence-corrected chi connectivity index (χ2v) is 4.12. The zero-order chi connectivity index (χ0) is 13.7. The van der Waals surface area contributed by atoms with Crippen LogP contribution in [0.5, 0.6) is 5.75 Å². The van der Waals surface area contributed by atoms with Gasteiger partial charge in [0.15, 0.2) is 0 Å². The molecule has 0 amide bonds. The van der Waals surface area contributed by atoms with Crippen LogP contribution in [0.15, 0.2) is 40.8 Å². The number of carbonyl (C=O) groups is 1. The molecule has 0 aliphatic carbocycles. The van der Waals surface area contributed by atoms with E-state index in [4.69, 9.17) is 14.3 Å². The van der Waals surface area contributed by atoms with Crippen LogP contribution in [0.1, 0.15) is 19.1 Å². The number of aryl methyl sites for hydroxylation is 1. The van der Waals surface area contributed by atoms with Gasteiger partial charge < -0.3 is 14.3 Å². The van der Waals surface area contributed by atoms with E-state index in [1.54, 1.807) is 0 Å². The SMILES string of the molecule is CCOc1ccc(-c2ccc(CCC(=O)O)o2)cc1. The van der Waals surface area contributed by atoms with Gasteiger partial charge in [0.1, 0.15) is 17.3 Å². The molecule has 0 saturated heterocycles. The molecule has 1 heterocycles. The topological polar surface area (TPSA) is 59.7 Å². The summed E-state index contributed by atoms with van der Waals surface area (Å²) in [7, 11) is 0. The van der Waals surface area contributed by atoms with Crippen LogP contribution in [0.4, 0.5) is 0 Å². The molecular formula is C15H16O4. The Bertz CT molecular complexity index is 540. The lowest BCUT2D eigenvalue weighted by Gasteiger charge is -2.03. The molecule has 0 unspecified atom stereocenters. The third-order valence-electron chi connectivity index (χ3n) is 2.70. The highest BCUT2D eigenvalue weighted by molar-refractivity contribution is 5.67. The summed E-state index contributed by atoms with van der Waals surface area (Å²) in [5.74, 6) is 1.43. The van der Waals surface area contributed by atoms with E-state index in [1.165, 1.54) is 0 Å². The molecule has 0 fully saturated rings. The fraction of sp³-hybridized carbons (Fsp3) is 0.267. The molecule has 100 valence electrons. The van der Waals surface area contributed by atoms with Crippen molar-refractivity contribution < 1.29 is 19.1 Å². The lowest BCUT2D eigenvalue weighted by atomic mass is 10.2. The Hall–Kier alpha value is -2.23. The van der Waals surface area contributed by atoms with Gasteiger partial charge in [0.25, 0.3) is 0 Å². The summed E-state index contributed by atoms with van der Waals surface area (Å²) in [4.78, 5) is 10.5. The maximum atomic E-state index is 10.5. The molecule has 0 bridgehead atoms. The lowest BCUT2D eigenvalue weighted by molar-refractivity contribution is -0.137. The molecule has 4 heteroatoms. The Labute approximate surface area is 111 Å². The third kappa shape index (κ3) is 3.61. The van der Waals surface area contributed by atoms with Crippen molar-refractivity contribution in [2.24, 2.45) is 0 Å². The second kappa shape index (κ2) is 6.09. The molecule has 2 aromatic rings. The van der Waals surface area contributed by atoms with Crippen LogP contribution in [-0.4, -0.2) is 17.7 Å². The summed E-state index contributed by atoms with van der Waals surface area (Å²) in [5, 5.41) is 8.62. The van der Waals surface area contributed by atoms with Crippen molar-refractivity contribution in [2.75, 3.05) is 6.61 Å². The van der Waals surface area contributed by atoms with Gasteiger partial charge in [-0.2, -0.15) is 0 Å². The standard InChI is InChI=1S/C15H16O4/c1-2-18-12-5-3-11(4-6-12)14-9-7-13(19-14)8-10-15(16)17/h3-7,9H,2,8,10H2,1H3,(H,16,17). The van der Waals surface area contributed by atoms with E-state index in [2.05, 4.69) is 0 Å². The number of rotatable bonds is 6. The van der Waals surface area contributed by atoms with Crippen LogP contribution in [0.3, 0.4) is 0 Å². The number of benzene rings is 1. The average Bonchev–Trinajstić information content (AvgIpc) is 2.86. The predicted octanol–water partition coefficient (Wildman–Crippen LogP) is 3.36. The van der Waals surface area contributed by atoms with Crippen molar-refractivity contribution >= 4 is 5.97 Å². The molecule has 0 spiro atoms. The Morgan fingerprint density at radius 3 is 2.58 bits per heavy atom. The van der Waals surface area contributed by atoms with E-state index in [9.17, 15) is 4.79 Å². The summed E-state index contributed by atoms with van der Waals surface area (Å²) >= 11 is 0. The van der Waals surface area contributed by atoms with Gasteiger partial charge in [-0.3, -0.25) is 4.79 Å². The Balaban J connectivity index is 2.07. The number of hydrogen-bond acceptors (Lipinski definition) is 3. The Morgan fingerprint density at radius 2 is 1.95 bits per heavy atom. The smallest absolute Gasteiger partial charge is 0.303 e. The van der Waals surface area contributed by atoms with Gasteiger partial charge in [0, 0.05) is 12.0 Å². The maximum absolute atomic E-state index is 10.5. The van der Waals surface area contributed by atoms with Gasteiger partial charge in [-0.25, -0.2) is 0 Å². The summed E-state index contributed by atoms with van der Waals surface area (Å²) in [6.07, 6.45) is 0.489. The molecule has 0 aliphatic rings. The minimum atomic E-state index is -0.820. The zero-order valence-corrected chi connectivity index (χ0v) is 10.8. The molecule has 1 aromatic heterocycles. The van der Waals surface area contributed by atoms with Crippen LogP contribution < -0.4 is 4.74 Å². The van der Waals surface area contributed by atoms with E-state index >= 15 is 0 Å². The minimum Gasteiger partial charge on any atom is -0.494 e. The molecule has 0 saturated carbocycles. The van der Waals surface area contributed by atoms with Gasteiger partial charge in [-0.15, -0.1) is 0 Å². The van der Waals surface area contributed by atoms with Gasteiger partial charge in [-0.1, -0.05) is 0 Å². The van der Waals surface area contributed by atoms with Crippen LogP contribution in [0.25, 0.3) is 11.3 Å². The zero-order valence-electron chi connectivity index (χ0n) is 10.8. The van der Waals surface area contributed by atoms with Crippen molar-refractivity contribution in [1.82, 2.24) is 0 Å². The number of carboxylic acids is 1. The molecule has 1 N–H and O–H groups in total. The van der Waals surface area contributed by atoms with E-state index in [0.29, 0.717) is 18.8 Å². The molecule has 2 rings (SSSR count). The summed E-state index contributed by atoms with van der Waals surface area (Å²) in [5.41, 5.74) is 0.949. The largest absolute Gasteiger partial charge is 0.494 e. The maximum Gasteiger partial charge on any atom is 0.303 e. The number of hydrogen-bond donors (Lipinski definition) is 1. The number of ether oxygens (including phenoxy) is 1. The summed E-state index contributed by atoms with van der Waals surface area (Å²) in [6, 6.07) is 11.3. The molecule has 1 aromatic carbocycles. The number of carboxylic acid groups (broad SMARTS) is 1. The first-order valence-corrected chi connectivity index (χ1v) is 6.23. The van der Waals surface area contributed by atoms with Crippen molar-refractivity contribution in [1.29, 1.82) is 0 Å². The Morgan fingerprint density at radius 1 is 1.21 bits per heavy atom. The minimum absolute atomic E-state index is 0.0796. The molecule has 0 aliphatic heterocycles. The third-order valence-corrected chi connectivity index (χ3v) is 2.70. The quantitative estimate of drug-likeness (QED) is 0.865. The Kier molecular flexibility index (Phi) is 4.23. The summed E-state index contributed by atoms with van der Waals surface area (Å²) < 4.78 is 11.0. The molecule has 19 heavy (non-hydrogen) atoms. The van der Waals surface area contributed by atoms with Gasteiger partial charge in [0.05, 0.1) is 13.0 Å². The first kappa shape index (κ1) is 13.2. The monoisotopic (exact) mass is 260 g/mol. The van der Waals surface area contributed by atoms with Crippen molar-refractivity contribution in [3.05, 3.63) is 42.2 Å². The van der Waals surface area contributed by atoms with Crippen molar-refractivity contribution in [2.45, 2.75) is 19.8 Å². The fourth-order valence-corrected chi connectivity index (χ4v) is 1.78.